The highest BCUT2D eigenvalue weighted by Crippen LogP contribution is 2.34. The zero-order valence-electron chi connectivity index (χ0n) is 14.9. The van der Waals surface area contributed by atoms with Gasteiger partial charge in [0.1, 0.15) is 0 Å². The maximum Gasteiger partial charge on any atom is 0.264 e. The number of halogens is 2. The minimum Gasteiger partial charge on any atom is -0.494 e. The van der Waals surface area contributed by atoms with Crippen LogP contribution in [0.4, 0.5) is 11.6 Å². The van der Waals surface area contributed by atoms with Gasteiger partial charge in [-0.25, -0.2) is 23.1 Å². The number of methoxy groups -OCH3 is 1. The Morgan fingerprint density at radius 3 is 2.17 bits per heavy atom. The summed E-state index contributed by atoms with van der Waals surface area (Å²) in [5.41, 5.74) is 0.605. The van der Waals surface area contributed by atoms with E-state index in [-0.39, 0.29) is 32.2 Å². The van der Waals surface area contributed by atoms with E-state index in [0.717, 1.165) is 0 Å². The molecule has 3 aromatic rings. The fourth-order valence-electron chi connectivity index (χ4n) is 2.34. The van der Waals surface area contributed by atoms with E-state index in [9.17, 15) is 13.2 Å². The number of ether oxygens (including phenoxy) is 1. The summed E-state index contributed by atoms with van der Waals surface area (Å²) >= 11 is 12.1. The fraction of sp³-hybridized carbons (Fsp3) is 0.0556. The third-order valence-electron chi connectivity index (χ3n) is 3.68. The standard InChI is InChI=1S/C18H14Cl2N4O4S/c1-28-16-14(19)9-11(10-15(16)20)17(25)23-12-3-5-13(6-4-12)29(26,27)24-18-21-7-2-8-22-18/h2-10H,1H3,(H,23,25)(H,21,22,24). The van der Waals surface area contributed by atoms with Gasteiger partial charge in [0.25, 0.3) is 15.9 Å². The molecule has 0 radical (unpaired) electrons. The molecule has 2 N–H and O–H groups in total. The van der Waals surface area contributed by atoms with Crippen molar-refractivity contribution in [1.82, 2.24) is 9.97 Å². The molecular formula is C18H14Cl2N4O4S. The molecule has 0 aliphatic carbocycles. The Morgan fingerprint density at radius 2 is 1.62 bits per heavy atom. The van der Waals surface area contributed by atoms with Crippen LogP contribution in [0.2, 0.25) is 10.0 Å². The summed E-state index contributed by atoms with van der Waals surface area (Å²) in [6.07, 6.45) is 2.84. The van der Waals surface area contributed by atoms with Gasteiger partial charge in [-0.05, 0) is 42.5 Å². The molecule has 0 saturated carbocycles. The Balaban J connectivity index is 1.74. The van der Waals surface area contributed by atoms with Crippen molar-refractivity contribution in [2.75, 3.05) is 17.1 Å². The Morgan fingerprint density at radius 1 is 1.03 bits per heavy atom. The molecule has 1 amide bonds. The molecule has 11 heteroatoms. The summed E-state index contributed by atoms with van der Waals surface area (Å²) in [5.74, 6) is -0.240. The summed E-state index contributed by atoms with van der Waals surface area (Å²) in [7, 11) is -2.45. The average molecular weight is 453 g/mol. The number of aromatic nitrogens is 2. The predicted octanol–water partition coefficient (Wildman–Crippen LogP) is 3.85. The molecule has 8 nitrogen and oxygen atoms in total. The molecule has 2 aromatic carbocycles. The number of sulfonamides is 1. The van der Waals surface area contributed by atoms with Crippen LogP contribution in [0.5, 0.6) is 5.75 Å². The maximum atomic E-state index is 12.4. The molecule has 0 atom stereocenters. The van der Waals surface area contributed by atoms with Gasteiger partial charge >= 0.3 is 0 Å². The van der Waals surface area contributed by atoms with Crippen molar-refractivity contribution in [1.29, 1.82) is 0 Å². The second-order valence-corrected chi connectivity index (χ2v) is 8.13. The number of carbonyl (C=O) groups is 1. The van der Waals surface area contributed by atoms with Crippen LogP contribution in [0.15, 0.2) is 59.8 Å². The lowest BCUT2D eigenvalue weighted by molar-refractivity contribution is 0.102. The van der Waals surface area contributed by atoms with Gasteiger partial charge in [0.15, 0.2) is 5.75 Å². The highest BCUT2D eigenvalue weighted by molar-refractivity contribution is 7.92. The Hall–Kier alpha value is -2.88. The first-order chi connectivity index (χ1) is 13.8. The summed E-state index contributed by atoms with van der Waals surface area (Å²) in [6.45, 7) is 0. The van der Waals surface area contributed by atoms with Crippen molar-refractivity contribution in [2.24, 2.45) is 0 Å². The molecule has 0 saturated heterocycles. The fourth-order valence-corrected chi connectivity index (χ4v) is 3.94. The van der Waals surface area contributed by atoms with Crippen LogP contribution in [-0.2, 0) is 10.0 Å². The minimum absolute atomic E-state index is 0.0153. The number of anilines is 2. The van der Waals surface area contributed by atoms with Gasteiger partial charge in [0.05, 0.1) is 22.1 Å². The van der Waals surface area contributed by atoms with Crippen LogP contribution in [-0.4, -0.2) is 31.4 Å². The van der Waals surface area contributed by atoms with E-state index in [1.807, 2.05) is 0 Å². The Kier molecular flexibility index (Phi) is 6.21. The van der Waals surface area contributed by atoms with Crippen LogP contribution in [0.25, 0.3) is 0 Å². The summed E-state index contributed by atoms with van der Waals surface area (Å²) in [5, 5.41) is 3.03. The second kappa shape index (κ2) is 8.64. The van der Waals surface area contributed by atoms with Gasteiger partial charge in [0, 0.05) is 23.6 Å². The summed E-state index contributed by atoms with van der Waals surface area (Å²) < 4.78 is 32.1. The molecule has 1 heterocycles. The van der Waals surface area contributed by atoms with Gasteiger partial charge in [0.2, 0.25) is 5.95 Å². The zero-order valence-corrected chi connectivity index (χ0v) is 17.2. The van der Waals surface area contributed by atoms with Crippen molar-refractivity contribution < 1.29 is 17.9 Å². The van der Waals surface area contributed by atoms with Gasteiger partial charge in [-0.3, -0.25) is 4.79 Å². The molecule has 29 heavy (non-hydrogen) atoms. The van der Waals surface area contributed by atoms with E-state index in [1.54, 1.807) is 6.07 Å². The first kappa shape index (κ1) is 20.8. The predicted molar refractivity (Wildman–Crippen MR) is 110 cm³/mol. The van der Waals surface area contributed by atoms with Crippen molar-refractivity contribution >= 4 is 50.8 Å². The van der Waals surface area contributed by atoms with Gasteiger partial charge in [-0.15, -0.1) is 0 Å². The van der Waals surface area contributed by atoms with E-state index in [4.69, 9.17) is 27.9 Å². The van der Waals surface area contributed by atoms with Crippen LogP contribution < -0.4 is 14.8 Å². The Bertz CT molecular complexity index is 1120. The molecule has 0 fully saturated rings. The monoisotopic (exact) mass is 452 g/mol. The van der Waals surface area contributed by atoms with Gasteiger partial charge in [-0.2, -0.15) is 0 Å². The lowest BCUT2D eigenvalue weighted by Gasteiger charge is -2.10. The van der Waals surface area contributed by atoms with Crippen LogP contribution in [0.1, 0.15) is 10.4 Å². The number of carbonyl (C=O) groups excluding carboxylic acids is 1. The molecule has 0 aliphatic heterocycles. The molecule has 150 valence electrons. The lowest BCUT2D eigenvalue weighted by atomic mass is 10.2. The minimum atomic E-state index is -3.87. The highest BCUT2D eigenvalue weighted by atomic mass is 35.5. The maximum absolute atomic E-state index is 12.4. The van der Waals surface area contributed by atoms with Crippen molar-refractivity contribution in [3.8, 4) is 5.75 Å². The molecule has 1 aromatic heterocycles. The van der Waals surface area contributed by atoms with Crippen molar-refractivity contribution in [2.45, 2.75) is 4.90 Å². The average Bonchev–Trinajstić information content (AvgIpc) is 2.68. The second-order valence-electron chi connectivity index (χ2n) is 5.63. The van der Waals surface area contributed by atoms with Crippen LogP contribution >= 0.6 is 23.2 Å². The number of amides is 1. The molecule has 3 rings (SSSR count). The molecule has 0 unspecified atom stereocenters. The Labute approximate surface area is 176 Å². The number of nitrogens with zero attached hydrogens (tertiary/aromatic N) is 2. The number of hydrogen-bond donors (Lipinski definition) is 2. The smallest absolute Gasteiger partial charge is 0.264 e. The third kappa shape index (κ3) is 4.94. The van der Waals surface area contributed by atoms with E-state index < -0.39 is 15.9 Å². The van der Waals surface area contributed by atoms with Gasteiger partial charge in [-0.1, -0.05) is 23.2 Å². The quantitative estimate of drug-likeness (QED) is 0.587. The number of nitrogens with one attached hydrogen (secondary N) is 2. The summed E-state index contributed by atoms with van der Waals surface area (Å²) in [4.78, 5) is 20.0. The van der Waals surface area contributed by atoms with Crippen molar-refractivity contribution in [3.63, 3.8) is 0 Å². The normalized spacial score (nSPS) is 11.0. The topological polar surface area (TPSA) is 110 Å². The van der Waals surface area contributed by atoms with Crippen molar-refractivity contribution in [3.05, 3.63) is 70.5 Å². The van der Waals surface area contributed by atoms with E-state index in [1.165, 1.54) is 55.9 Å². The first-order valence-electron chi connectivity index (χ1n) is 8.04. The number of benzene rings is 2. The largest absolute Gasteiger partial charge is 0.494 e. The van der Waals surface area contributed by atoms with E-state index in [0.29, 0.717) is 5.69 Å². The van der Waals surface area contributed by atoms with Crippen LogP contribution in [0.3, 0.4) is 0 Å². The number of rotatable bonds is 6. The lowest BCUT2D eigenvalue weighted by Crippen LogP contribution is -2.15. The molecule has 0 spiro atoms. The highest BCUT2D eigenvalue weighted by Gasteiger charge is 2.17. The zero-order chi connectivity index (χ0) is 21.0. The summed E-state index contributed by atoms with van der Waals surface area (Å²) in [6, 6.07) is 9.99. The SMILES string of the molecule is COc1c(Cl)cc(C(=O)Nc2ccc(S(=O)(=O)Nc3ncccn3)cc2)cc1Cl. The molecular weight excluding hydrogens is 439 g/mol. The first-order valence-corrected chi connectivity index (χ1v) is 10.3. The van der Waals surface area contributed by atoms with E-state index >= 15 is 0 Å². The molecule has 0 bridgehead atoms. The van der Waals surface area contributed by atoms with Gasteiger partial charge < -0.3 is 10.1 Å². The van der Waals surface area contributed by atoms with E-state index in [2.05, 4.69) is 20.0 Å². The molecule has 0 aliphatic rings. The third-order valence-corrected chi connectivity index (χ3v) is 5.58. The number of hydrogen-bond acceptors (Lipinski definition) is 6. The van der Waals surface area contributed by atoms with Crippen LogP contribution in [0, 0.1) is 0 Å².